The van der Waals surface area contributed by atoms with Crippen LogP contribution < -0.4 is 10.1 Å². The van der Waals surface area contributed by atoms with Crippen LogP contribution in [0.3, 0.4) is 0 Å². The molecule has 0 unspecified atom stereocenters. The van der Waals surface area contributed by atoms with Crippen molar-refractivity contribution in [2.24, 2.45) is 5.41 Å². The van der Waals surface area contributed by atoms with E-state index in [1.165, 1.54) is 12.3 Å². The Bertz CT molecular complexity index is 1060. The number of carbonyl (C=O) groups excluding carboxylic acids is 1. The summed E-state index contributed by atoms with van der Waals surface area (Å²) in [5.41, 5.74) is 2.60. The normalized spacial score (nSPS) is 14.8. The molecule has 0 atom stereocenters. The van der Waals surface area contributed by atoms with Crippen molar-refractivity contribution in [2.45, 2.75) is 33.7 Å². The summed E-state index contributed by atoms with van der Waals surface area (Å²) in [4.78, 5) is 20.2. The van der Waals surface area contributed by atoms with Gasteiger partial charge in [-0.3, -0.25) is 9.78 Å². The molecule has 4 heterocycles. The quantitative estimate of drug-likeness (QED) is 0.724. The summed E-state index contributed by atoms with van der Waals surface area (Å²) in [6, 6.07) is 6.56. The molecular weight excluding hydrogens is 373 g/mol. The molecule has 0 aromatic carbocycles. The predicted molar refractivity (Wildman–Crippen MR) is 107 cm³/mol. The highest BCUT2D eigenvalue weighted by molar-refractivity contribution is 5.91. The molecule has 1 aliphatic heterocycles. The van der Waals surface area contributed by atoms with Crippen molar-refractivity contribution >= 4 is 11.7 Å². The maximum Gasteiger partial charge on any atom is 0.225 e. The Morgan fingerprint density at radius 1 is 1.31 bits per heavy atom. The van der Waals surface area contributed by atoms with Crippen LogP contribution in [0.1, 0.15) is 27.2 Å². The van der Waals surface area contributed by atoms with Crippen molar-refractivity contribution < 1.29 is 13.9 Å². The fourth-order valence-electron chi connectivity index (χ4n) is 3.26. The van der Waals surface area contributed by atoms with E-state index in [2.05, 4.69) is 29.1 Å². The fourth-order valence-corrected chi connectivity index (χ4v) is 3.26. The molecule has 0 spiro atoms. The molecule has 8 heteroatoms. The summed E-state index contributed by atoms with van der Waals surface area (Å²) < 4.78 is 21.3. The maximum atomic E-state index is 13.4. The Hall–Kier alpha value is -3.29. The second-order valence-electron chi connectivity index (χ2n) is 7.83. The van der Waals surface area contributed by atoms with Crippen LogP contribution >= 0.6 is 0 Å². The molecule has 0 saturated heterocycles. The summed E-state index contributed by atoms with van der Waals surface area (Å²) in [7, 11) is 0. The van der Waals surface area contributed by atoms with Gasteiger partial charge in [-0.15, -0.1) is 0 Å². The van der Waals surface area contributed by atoms with Crippen molar-refractivity contribution in [2.75, 3.05) is 11.9 Å². The molecule has 1 aliphatic rings. The molecule has 0 aliphatic carbocycles. The molecule has 4 rings (SSSR count). The Labute approximate surface area is 167 Å². The first-order valence-corrected chi connectivity index (χ1v) is 9.48. The summed E-state index contributed by atoms with van der Waals surface area (Å²) in [5, 5.41) is 7.50. The molecule has 0 bridgehead atoms. The van der Waals surface area contributed by atoms with Crippen LogP contribution in [0.5, 0.6) is 5.88 Å². The number of pyridine rings is 2. The van der Waals surface area contributed by atoms with E-state index in [0.717, 1.165) is 11.1 Å². The number of halogens is 1. The zero-order chi connectivity index (χ0) is 20.6. The van der Waals surface area contributed by atoms with Crippen LogP contribution in [0.15, 0.2) is 36.7 Å². The van der Waals surface area contributed by atoms with E-state index in [1.54, 1.807) is 25.3 Å². The van der Waals surface area contributed by atoms with Crippen molar-refractivity contribution in [3.05, 3.63) is 42.5 Å². The van der Waals surface area contributed by atoms with E-state index >= 15 is 0 Å². The number of nitrogens with one attached hydrogen (secondary N) is 1. The third-order valence-corrected chi connectivity index (χ3v) is 4.69. The molecule has 0 fully saturated rings. The van der Waals surface area contributed by atoms with Crippen LogP contribution in [0.4, 0.5) is 10.2 Å². The van der Waals surface area contributed by atoms with E-state index in [-0.39, 0.29) is 11.3 Å². The van der Waals surface area contributed by atoms with Crippen LogP contribution in [0.25, 0.3) is 22.5 Å². The van der Waals surface area contributed by atoms with Crippen molar-refractivity contribution in [1.82, 2.24) is 19.7 Å². The number of amides is 1. The van der Waals surface area contributed by atoms with Gasteiger partial charge in [0.05, 0.1) is 30.6 Å². The van der Waals surface area contributed by atoms with E-state index in [0.29, 0.717) is 42.7 Å². The number of aromatic nitrogens is 4. The van der Waals surface area contributed by atoms with Crippen LogP contribution in [0.2, 0.25) is 0 Å². The van der Waals surface area contributed by atoms with Gasteiger partial charge < -0.3 is 10.1 Å². The fraction of sp³-hybridized carbons (Fsp3) is 0.333. The first-order valence-electron chi connectivity index (χ1n) is 9.48. The second kappa shape index (κ2) is 7.27. The average molecular weight is 395 g/mol. The maximum absolute atomic E-state index is 13.4. The smallest absolute Gasteiger partial charge is 0.225 e. The van der Waals surface area contributed by atoms with Gasteiger partial charge >= 0.3 is 0 Å². The first-order chi connectivity index (χ1) is 13.9. The molecule has 1 amide bonds. The molecule has 3 aromatic rings. The minimum absolute atomic E-state index is 0.0672. The number of rotatable bonds is 4. The van der Waals surface area contributed by atoms with Crippen LogP contribution in [-0.2, 0) is 11.3 Å². The summed E-state index contributed by atoms with van der Waals surface area (Å²) in [6.07, 6.45) is 3.15. The Morgan fingerprint density at radius 2 is 2.14 bits per heavy atom. The topological polar surface area (TPSA) is 81.9 Å². The van der Waals surface area contributed by atoms with Gasteiger partial charge in [0.2, 0.25) is 11.8 Å². The third-order valence-electron chi connectivity index (χ3n) is 4.69. The highest BCUT2D eigenvalue weighted by atomic mass is 19.1. The zero-order valence-electron chi connectivity index (χ0n) is 16.6. The van der Waals surface area contributed by atoms with Gasteiger partial charge in [-0.1, -0.05) is 20.8 Å². The number of carbonyl (C=O) groups is 1. The Kier molecular flexibility index (Phi) is 4.77. The van der Waals surface area contributed by atoms with E-state index in [9.17, 15) is 9.18 Å². The largest absolute Gasteiger partial charge is 0.477 e. The van der Waals surface area contributed by atoms with Crippen molar-refractivity contribution in [3.63, 3.8) is 0 Å². The number of nitrogens with zero attached hydrogens (tertiary/aromatic N) is 4. The number of anilines is 1. The number of fused-ring (bicyclic) bond motifs is 1. The Morgan fingerprint density at radius 3 is 2.86 bits per heavy atom. The minimum Gasteiger partial charge on any atom is -0.477 e. The molecule has 3 aromatic heterocycles. The minimum atomic E-state index is -0.412. The van der Waals surface area contributed by atoms with Crippen LogP contribution in [0, 0.1) is 11.2 Å². The highest BCUT2D eigenvalue weighted by Crippen LogP contribution is 2.42. The van der Waals surface area contributed by atoms with Gasteiger partial charge in [-0.05, 0) is 29.8 Å². The van der Waals surface area contributed by atoms with Gasteiger partial charge in [0.1, 0.15) is 17.3 Å². The number of hydrogen-bond acceptors (Lipinski definition) is 5. The molecule has 29 heavy (non-hydrogen) atoms. The number of hydrogen-bond donors (Lipinski definition) is 1. The molecule has 7 nitrogen and oxygen atoms in total. The van der Waals surface area contributed by atoms with Gasteiger partial charge in [0.25, 0.3) is 0 Å². The second-order valence-corrected chi connectivity index (χ2v) is 7.83. The third kappa shape index (κ3) is 3.83. The van der Waals surface area contributed by atoms with Gasteiger partial charge in [0.15, 0.2) is 0 Å². The standard InChI is InChI=1S/C21H22FN5O2/c1-4-17(28)25-16-9-13(7-8-23-16)18-19(15-6-5-14(22)10-24-15)26-27-11-21(2,3)12-29-20(18)27/h5-10H,4,11-12H2,1-3H3,(H,23,25,28). The first kappa shape index (κ1) is 19.0. The highest BCUT2D eigenvalue weighted by Gasteiger charge is 2.32. The monoisotopic (exact) mass is 395 g/mol. The predicted octanol–water partition coefficient (Wildman–Crippen LogP) is 3.91. The molecule has 0 saturated carbocycles. The van der Waals surface area contributed by atoms with Crippen molar-refractivity contribution in [3.8, 4) is 28.4 Å². The Balaban J connectivity index is 1.86. The van der Waals surface area contributed by atoms with E-state index < -0.39 is 5.82 Å². The van der Waals surface area contributed by atoms with E-state index in [4.69, 9.17) is 9.84 Å². The lowest BCUT2D eigenvalue weighted by atomic mass is 9.94. The number of ether oxygens (including phenoxy) is 1. The molecule has 150 valence electrons. The lowest BCUT2D eigenvalue weighted by Gasteiger charge is -2.30. The van der Waals surface area contributed by atoms with Crippen LogP contribution in [-0.4, -0.2) is 32.3 Å². The van der Waals surface area contributed by atoms with Gasteiger partial charge in [-0.25, -0.2) is 14.1 Å². The summed E-state index contributed by atoms with van der Waals surface area (Å²) >= 11 is 0. The van der Waals surface area contributed by atoms with E-state index in [1.807, 2.05) is 10.7 Å². The summed E-state index contributed by atoms with van der Waals surface area (Å²) in [5.74, 6) is 0.545. The SMILES string of the molecule is CCC(=O)Nc1cc(-c2c(-c3ccc(F)cn3)nn3c2OCC(C)(C)C3)ccn1. The lowest BCUT2D eigenvalue weighted by molar-refractivity contribution is -0.115. The molecular formula is C21H22FN5O2. The molecule has 0 radical (unpaired) electrons. The average Bonchev–Trinajstić information content (AvgIpc) is 3.06. The van der Waals surface area contributed by atoms with Gasteiger partial charge in [0, 0.05) is 18.0 Å². The van der Waals surface area contributed by atoms with Crippen molar-refractivity contribution in [1.29, 1.82) is 0 Å². The van der Waals surface area contributed by atoms with Gasteiger partial charge in [-0.2, -0.15) is 5.10 Å². The lowest BCUT2D eigenvalue weighted by Crippen LogP contribution is -2.33. The summed E-state index contributed by atoms with van der Waals surface area (Å²) in [6.45, 7) is 7.23. The zero-order valence-corrected chi connectivity index (χ0v) is 16.6. The molecule has 1 N–H and O–H groups in total.